The Morgan fingerprint density at radius 3 is 2.55 bits per heavy atom. The summed E-state index contributed by atoms with van der Waals surface area (Å²) in [6.45, 7) is 6.70. The first-order chi connectivity index (χ1) is 9.64. The predicted molar refractivity (Wildman–Crippen MR) is 84.8 cm³/mol. The zero-order valence-electron chi connectivity index (χ0n) is 12.9. The van der Waals surface area contributed by atoms with Crippen molar-refractivity contribution >= 4 is 0 Å². The van der Waals surface area contributed by atoms with Crippen LogP contribution in [0.25, 0.3) is 0 Å². The van der Waals surface area contributed by atoms with Crippen LogP contribution in [-0.4, -0.2) is 29.6 Å². The Morgan fingerprint density at radius 1 is 1.25 bits per heavy atom. The van der Waals surface area contributed by atoms with Crippen LogP contribution >= 0.6 is 0 Å². The summed E-state index contributed by atoms with van der Waals surface area (Å²) in [6.07, 6.45) is 6.36. The standard InChI is InChI=1S/C18H28N2/c1-14(2)20(12-15-7-8-15)18(13-19)10-9-16-5-3-4-6-17(16)11-18/h3-6,14-15H,7-13,19H2,1-2H3. The summed E-state index contributed by atoms with van der Waals surface area (Å²) in [6, 6.07) is 9.51. The van der Waals surface area contributed by atoms with E-state index >= 15 is 0 Å². The van der Waals surface area contributed by atoms with E-state index in [0.29, 0.717) is 6.04 Å². The molecule has 0 aromatic heterocycles. The summed E-state index contributed by atoms with van der Waals surface area (Å²) >= 11 is 0. The zero-order valence-corrected chi connectivity index (χ0v) is 12.9. The summed E-state index contributed by atoms with van der Waals surface area (Å²) in [7, 11) is 0. The second-order valence-electron chi connectivity index (χ2n) is 7.06. The Hall–Kier alpha value is -0.860. The molecule has 0 amide bonds. The molecule has 1 aromatic rings. The lowest BCUT2D eigenvalue weighted by atomic mass is 9.76. The van der Waals surface area contributed by atoms with Crippen LogP contribution in [0.4, 0.5) is 0 Å². The monoisotopic (exact) mass is 272 g/mol. The molecule has 1 saturated carbocycles. The van der Waals surface area contributed by atoms with E-state index in [2.05, 4.69) is 43.0 Å². The van der Waals surface area contributed by atoms with Gasteiger partial charge in [0, 0.05) is 24.7 Å². The van der Waals surface area contributed by atoms with Crippen LogP contribution in [-0.2, 0) is 12.8 Å². The zero-order chi connectivity index (χ0) is 14.2. The molecular weight excluding hydrogens is 244 g/mol. The van der Waals surface area contributed by atoms with Crippen molar-refractivity contribution in [3.05, 3.63) is 35.4 Å². The Balaban J connectivity index is 1.86. The Morgan fingerprint density at radius 2 is 1.95 bits per heavy atom. The fourth-order valence-corrected chi connectivity index (χ4v) is 3.85. The molecule has 2 aliphatic rings. The number of hydrogen-bond acceptors (Lipinski definition) is 2. The molecule has 2 N–H and O–H groups in total. The highest BCUT2D eigenvalue weighted by Crippen LogP contribution is 2.38. The largest absolute Gasteiger partial charge is 0.329 e. The molecule has 0 bridgehead atoms. The molecule has 110 valence electrons. The molecule has 1 fully saturated rings. The summed E-state index contributed by atoms with van der Waals surface area (Å²) < 4.78 is 0. The molecule has 3 rings (SSSR count). The molecule has 0 spiro atoms. The molecule has 0 heterocycles. The SMILES string of the molecule is CC(C)N(CC1CC1)C1(CN)CCc2ccccc2C1. The second kappa shape index (κ2) is 5.50. The maximum Gasteiger partial charge on any atom is 0.0378 e. The summed E-state index contributed by atoms with van der Waals surface area (Å²) in [5.41, 5.74) is 9.53. The smallest absolute Gasteiger partial charge is 0.0378 e. The van der Waals surface area contributed by atoms with Crippen LogP contribution in [0.3, 0.4) is 0 Å². The van der Waals surface area contributed by atoms with E-state index in [4.69, 9.17) is 5.73 Å². The third kappa shape index (κ3) is 2.64. The van der Waals surface area contributed by atoms with Crippen LogP contribution in [0.2, 0.25) is 0 Å². The highest BCUT2D eigenvalue weighted by molar-refractivity contribution is 5.32. The molecule has 2 heteroatoms. The van der Waals surface area contributed by atoms with Gasteiger partial charge in [-0.05, 0) is 63.0 Å². The minimum absolute atomic E-state index is 0.186. The van der Waals surface area contributed by atoms with E-state index in [1.807, 2.05) is 0 Å². The maximum atomic E-state index is 6.29. The summed E-state index contributed by atoms with van der Waals surface area (Å²) in [4.78, 5) is 2.72. The summed E-state index contributed by atoms with van der Waals surface area (Å²) in [5, 5.41) is 0. The fraction of sp³-hybridized carbons (Fsp3) is 0.667. The van der Waals surface area contributed by atoms with Gasteiger partial charge in [0.25, 0.3) is 0 Å². The first kappa shape index (κ1) is 14.1. The van der Waals surface area contributed by atoms with Crippen LogP contribution < -0.4 is 5.73 Å². The van der Waals surface area contributed by atoms with E-state index < -0.39 is 0 Å². The van der Waals surface area contributed by atoms with Gasteiger partial charge in [-0.15, -0.1) is 0 Å². The number of nitrogens with zero attached hydrogens (tertiary/aromatic N) is 1. The second-order valence-corrected chi connectivity index (χ2v) is 7.06. The number of benzene rings is 1. The average molecular weight is 272 g/mol. The number of rotatable bonds is 5. The van der Waals surface area contributed by atoms with Crippen molar-refractivity contribution in [2.45, 2.75) is 57.5 Å². The highest BCUT2D eigenvalue weighted by Gasteiger charge is 2.41. The molecule has 0 radical (unpaired) electrons. The van der Waals surface area contributed by atoms with Gasteiger partial charge in [0.2, 0.25) is 0 Å². The molecule has 1 aromatic carbocycles. The third-order valence-corrected chi connectivity index (χ3v) is 5.26. The van der Waals surface area contributed by atoms with Gasteiger partial charge in [0.05, 0.1) is 0 Å². The maximum absolute atomic E-state index is 6.29. The number of fused-ring (bicyclic) bond motifs is 1. The van der Waals surface area contributed by atoms with Gasteiger partial charge >= 0.3 is 0 Å². The molecule has 2 aliphatic carbocycles. The number of nitrogens with two attached hydrogens (primary N) is 1. The van der Waals surface area contributed by atoms with E-state index in [9.17, 15) is 0 Å². The molecule has 2 nitrogen and oxygen atoms in total. The molecule has 1 unspecified atom stereocenters. The number of aryl methyl sites for hydroxylation is 1. The lowest BCUT2D eigenvalue weighted by Crippen LogP contribution is -2.60. The van der Waals surface area contributed by atoms with Crippen molar-refractivity contribution in [2.75, 3.05) is 13.1 Å². The molecule has 1 atom stereocenters. The van der Waals surface area contributed by atoms with Crippen LogP contribution in [0.15, 0.2) is 24.3 Å². The van der Waals surface area contributed by atoms with E-state index in [1.54, 1.807) is 0 Å². The van der Waals surface area contributed by atoms with Gasteiger partial charge in [-0.2, -0.15) is 0 Å². The van der Waals surface area contributed by atoms with Gasteiger partial charge in [0.1, 0.15) is 0 Å². The normalized spacial score (nSPS) is 26.1. The number of hydrogen-bond donors (Lipinski definition) is 1. The van der Waals surface area contributed by atoms with Crippen molar-refractivity contribution < 1.29 is 0 Å². The van der Waals surface area contributed by atoms with Crippen LogP contribution in [0, 0.1) is 5.92 Å². The van der Waals surface area contributed by atoms with Crippen molar-refractivity contribution in [2.24, 2.45) is 11.7 Å². The lowest BCUT2D eigenvalue weighted by Gasteiger charge is -2.49. The van der Waals surface area contributed by atoms with Crippen molar-refractivity contribution in [1.82, 2.24) is 4.90 Å². The molecule has 0 aliphatic heterocycles. The van der Waals surface area contributed by atoms with Crippen molar-refractivity contribution in [3.8, 4) is 0 Å². The van der Waals surface area contributed by atoms with Gasteiger partial charge in [-0.25, -0.2) is 0 Å². The average Bonchev–Trinajstić information content (AvgIpc) is 3.28. The molecule has 20 heavy (non-hydrogen) atoms. The van der Waals surface area contributed by atoms with Gasteiger partial charge in [-0.3, -0.25) is 4.90 Å². The Bertz CT molecular complexity index is 464. The van der Waals surface area contributed by atoms with Crippen molar-refractivity contribution in [1.29, 1.82) is 0 Å². The lowest BCUT2D eigenvalue weighted by molar-refractivity contribution is 0.0442. The highest BCUT2D eigenvalue weighted by atomic mass is 15.2. The first-order valence-electron chi connectivity index (χ1n) is 8.18. The summed E-state index contributed by atoms with van der Waals surface area (Å²) in [5.74, 6) is 0.929. The first-order valence-corrected chi connectivity index (χ1v) is 8.18. The molecule has 0 saturated heterocycles. The van der Waals surface area contributed by atoms with Gasteiger partial charge < -0.3 is 5.73 Å². The fourth-order valence-electron chi connectivity index (χ4n) is 3.85. The van der Waals surface area contributed by atoms with Crippen LogP contribution in [0.1, 0.15) is 44.2 Å². The van der Waals surface area contributed by atoms with E-state index in [0.717, 1.165) is 18.9 Å². The van der Waals surface area contributed by atoms with Gasteiger partial charge in [-0.1, -0.05) is 24.3 Å². The Labute approximate surface area is 123 Å². The van der Waals surface area contributed by atoms with Crippen molar-refractivity contribution in [3.63, 3.8) is 0 Å². The minimum atomic E-state index is 0.186. The Kier molecular flexibility index (Phi) is 3.87. The minimum Gasteiger partial charge on any atom is -0.329 e. The predicted octanol–water partition coefficient (Wildman–Crippen LogP) is 2.99. The third-order valence-electron chi connectivity index (χ3n) is 5.26. The van der Waals surface area contributed by atoms with E-state index in [1.165, 1.54) is 43.4 Å². The molecular formula is C18H28N2. The topological polar surface area (TPSA) is 29.3 Å². The quantitative estimate of drug-likeness (QED) is 0.893. The van der Waals surface area contributed by atoms with Gasteiger partial charge in [0.15, 0.2) is 0 Å². The van der Waals surface area contributed by atoms with Crippen LogP contribution in [0.5, 0.6) is 0 Å². The van der Waals surface area contributed by atoms with E-state index in [-0.39, 0.29) is 5.54 Å².